The summed E-state index contributed by atoms with van der Waals surface area (Å²) in [5.74, 6) is 2.47. The van der Waals surface area contributed by atoms with E-state index in [-0.39, 0.29) is 12.1 Å². The first-order valence-corrected chi connectivity index (χ1v) is 4.60. The molecular weight excluding hydrogens is 164 g/mol. The first kappa shape index (κ1) is 11.8. The van der Waals surface area contributed by atoms with E-state index in [9.17, 15) is 4.79 Å². The molecule has 0 spiro atoms. The topological polar surface area (TPSA) is 32.3 Å². The number of nitrogens with zero attached hydrogens (tertiary/aromatic N) is 1. The molecule has 3 nitrogen and oxygen atoms in total. The van der Waals surface area contributed by atoms with Gasteiger partial charge in [-0.2, -0.15) is 0 Å². The number of rotatable bonds is 4. The molecule has 0 heterocycles. The monoisotopic (exact) mass is 182 g/mol. The lowest BCUT2D eigenvalue weighted by atomic mass is 10.4. The Bertz CT molecular complexity index is 194. The standard InChI is InChI=1S/C10H18N2O/c1-5-7-12(8-6-2)10(13)11-9(3)4/h1,9H,6-8H2,2-4H3,(H,11,13). The van der Waals surface area contributed by atoms with Crippen molar-refractivity contribution < 1.29 is 4.79 Å². The molecule has 2 amide bonds. The lowest BCUT2D eigenvalue weighted by Gasteiger charge is -2.21. The van der Waals surface area contributed by atoms with Crippen molar-refractivity contribution in [1.29, 1.82) is 0 Å². The largest absolute Gasteiger partial charge is 0.336 e. The summed E-state index contributed by atoms with van der Waals surface area (Å²) in [5.41, 5.74) is 0. The number of terminal acetylenes is 1. The van der Waals surface area contributed by atoms with Crippen LogP contribution >= 0.6 is 0 Å². The Morgan fingerprint density at radius 3 is 2.62 bits per heavy atom. The van der Waals surface area contributed by atoms with Gasteiger partial charge in [-0.1, -0.05) is 12.8 Å². The van der Waals surface area contributed by atoms with Gasteiger partial charge >= 0.3 is 6.03 Å². The van der Waals surface area contributed by atoms with Gasteiger partial charge in [0.05, 0.1) is 6.54 Å². The van der Waals surface area contributed by atoms with Crippen molar-refractivity contribution in [2.45, 2.75) is 33.2 Å². The van der Waals surface area contributed by atoms with Gasteiger partial charge in [-0.15, -0.1) is 6.42 Å². The summed E-state index contributed by atoms with van der Waals surface area (Å²) < 4.78 is 0. The molecule has 0 aromatic carbocycles. The second-order valence-electron chi connectivity index (χ2n) is 3.23. The number of urea groups is 1. The molecule has 0 radical (unpaired) electrons. The third-order valence-corrected chi connectivity index (χ3v) is 1.48. The maximum absolute atomic E-state index is 11.5. The van der Waals surface area contributed by atoms with E-state index in [2.05, 4.69) is 11.2 Å². The number of carbonyl (C=O) groups is 1. The van der Waals surface area contributed by atoms with Crippen LogP contribution in [-0.2, 0) is 0 Å². The van der Waals surface area contributed by atoms with E-state index < -0.39 is 0 Å². The zero-order valence-electron chi connectivity index (χ0n) is 8.63. The third-order valence-electron chi connectivity index (χ3n) is 1.48. The van der Waals surface area contributed by atoms with Crippen LogP contribution in [0.5, 0.6) is 0 Å². The van der Waals surface area contributed by atoms with E-state index in [4.69, 9.17) is 6.42 Å². The molecular formula is C10H18N2O. The van der Waals surface area contributed by atoms with E-state index >= 15 is 0 Å². The number of carbonyl (C=O) groups excluding carboxylic acids is 1. The molecule has 1 N–H and O–H groups in total. The Kier molecular flexibility index (Phi) is 5.79. The lowest BCUT2D eigenvalue weighted by Crippen LogP contribution is -2.43. The summed E-state index contributed by atoms with van der Waals surface area (Å²) in [6, 6.07) is 0.0828. The quantitative estimate of drug-likeness (QED) is 0.656. The van der Waals surface area contributed by atoms with Crippen LogP contribution in [0.1, 0.15) is 27.2 Å². The minimum absolute atomic E-state index is 0.0743. The highest BCUT2D eigenvalue weighted by atomic mass is 16.2. The van der Waals surface area contributed by atoms with Gasteiger partial charge in [0.1, 0.15) is 0 Å². The van der Waals surface area contributed by atoms with Crippen LogP contribution in [0.2, 0.25) is 0 Å². The zero-order valence-corrected chi connectivity index (χ0v) is 8.63. The van der Waals surface area contributed by atoms with Crippen molar-refractivity contribution in [2.24, 2.45) is 0 Å². The number of hydrogen-bond acceptors (Lipinski definition) is 1. The second kappa shape index (κ2) is 6.36. The lowest BCUT2D eigenvalue weighted by molar-refractivity contribution is 0.201. The normalized spacial score (nSPS) is 9.46. The first-order valence-electron chi connectivity index (χ1n) is 4.60. The highest BCUT2D eigenvalue weighted by Crippen LogP contribution is 1.92. The fourth-order valence-corrected chi connectivity index (χ4v) is 0.971. The van der Waals surface area contributed by atoms with Crippen molar-refractivity contribution >= 4 is 6.03 Å². The van der Waals surface area contributed by atoms with Gasteiger partial charge in [0.25, 0.3) is 0 Å². The van der Waals surface area contributed by atoms with Crippen LogP contribution in [0, 0.1) is 12.3 Å². The van der Waals surface area contributed by atoms with Crippen LogP contribution in [-0.4, -0.2) is 30.1 Å². The third kappa shape index (κ3) is 5.13. The van der Waals surface area contributed by atoms with Crippen LogP contribution in [0.25, 0.3) is 0 Å². The molecule has 0 aliphatic heterocycles. The highest BCUT2D eigenvalue weighted by molar-refractivity contribution is 5.74. The van der Waals surface area contributed by atoms with E-state index in [1.54, 1.807) is 4.90 Å². The maximum atomic E-state index is 11.5. The van der Waals surface area contributed by atoms with E-state index in [0.717, 1.165) is 6.42 Å². The van der Waals surface area contributed by atoms with Gasteiger partial charge < -0.3 is 10.2 Å². The average molecular weight is 182 g/mol. The Balaban J connectivity index is 4.04. The molecule has 0 aliphatic rings. The molecule has 0 saturated heterocycles. The van der Waals surface area contributed by atoms with Crippen LogP contribution in [0.15, 0.2) is 0 Å². The van der Waals surface area contributed by atoms with Crippen LogP contribution < -0.4 is 5.32 Å². The van der Waals surface area contributed by atoms with Crippen LogP contribution in [0.3, 0.4) is 0 Å². The Labute approximate surface area is 80.5 Å². The average Bonchev–Trinajstić information content (AvgIpc) is 2.02. The van der Waals surface area contributed by atoms with Crippen molar-refractivity contribution in [1.82, 2.24) is 10.2 Å². The van der Waals surface area contributed by atoms with Gasteiger partial charge in [-0.05, 0) is 20.3 Å². The molecule has 0 atom stereocenters. The molecule has 3 heteroatoms. The number of hydrogen-bond donors (Lipinski definition) is 1. The number of nitrogens with one attached hydrogen (secondary N) is 1. The fraction of sp³-hybridized carbons (Fsp3) is 0.700. The first-order chi connectivity index (χ1) is 6.11. The van der Waals surface area contributed by atoms with Gasteiger partial charge in [0.15, 0.2) is 0 Å². The molecule has 13 heavy (non-hydrogen) atoms. The minimum Gasteiger partial charge on any atom is -0.336 e. The minimum atomic E-state index is -0.0743. The van der Waals surface area contributed by atoms with Crippen molar-refractivity contribution in [3.05, 3.63) is 0 Å². The summed E-state index contributed by atoms with van der Waals surface area (Å²) in [5, 5.41) is 2.80. The number of amides is 2. The van der Waals surface area contributed by atoms with Gasteiger partial charge in [0.2, 0.25) is 0 Å². The van der Waals surface area contributed by atoms with Crippen molar-refractivity contribution in [3.63, 3.8) is 0 Å². The maximum Gasteiger partial charge on any atom is 0.318 e. The van der Waals surface area contributed by atoms with E-state index in [0.29, 0.717) is 13.1 Å². The highest BCUT2D eigenvalue weighted by Gasteiger charge is 2.11. The predicted octanol–water partition coefficient (Wildman–Crippen LogP) is 1.45. The van der Waals surface area contributed by atoms with Gasteiger partial charge in [-0.25, -0.2) is 4.79 Å². The van der Waals surface area contributed by atoms with E-state index in [1.807, 2.05) is 20.8 Å². The van der Waals surface area contributed by atoms with Crippen molar-refractivity contribution in [2.75, 3.05) is 13.1 Å². The smallest absolute Gasteiger partial charge is 0.318 e. The molecule has 0 aliphatic carbocycles. The van der Waals surface area contributed by atoms with Crippen molar-refractivity contribution in [3.8, 4) is 12.3 Å². The molecule has 0 unspecified atom stereocenters. The summed E-state index contributed by atoms with van der Waals surface area (Å²) in [4.78, 5) is 13.1. The zero-order chi connectivity index (χ0) is 10.3. The molecule has 0 aromatic rings. The summed E-state index contributed by atoms with van der Waals surface area (Å²) in [6.45, 7) is 6.97. The van der Waals surface area contributed by atoms with E-state index in [1.165, 1.54) is 0 Å². The molecule has 0 rings (SSSR count). The molecule has 0 aromatic heterocycles. The SMILES string of the molecule is C#CCN(CCC)C(=O)NC(C)C. The summed E-state index contributed by atoms with van der Waals surface area (Å²) >= 11 is 0. The van der Waals surface area contributed by atoms with Crippen LogP contribution in [0.4, 0.5) is 4.79 Å². The Morgan fingerprint density at radius 1 is 1.62 bits per heavy atom. The Hall–Kier alpha value is -1.17. The van der Waals surface area contributed by atoms with Gasteiger partial charge in [-0.3, -0.25) is 0 Å². The molecule has 74 valence electrons. The second-order valence-corrected chi connectivity index (χ2v) is 3.23. The summed E-state index contributed by atoms with van der Waals surface area (Å²) in [6.07, 6.45) is 6.08. The molecule has 0 saturated carbocycles. The predicted molar refractivity (Wildman–Crippen MR) is 54.4 cm³/mol. The summed E-state index contributed by atoms with van der Waals surface area (Å²) in [7, 11) is 0. The molecule has 0 fully saturated rings. The Morgan fingerprint density at radius 2 is 2.23 bits per heavy atom. The van der Waals surface area contributed by atoms with Gasteiger partial charge in [0, 0.05) is 12.6 Å². The molecule has 0 bridgehead atoms. The fourth-order valence-electron chi connectivity index (χ4n) is 0.971.